The zero-order valence-corrected chi connectivity index (χ0v) is 10.5. The van der Waals surface area contributed by atoms with E-state index in [-0.39, 0.29) is 18.1 Å². The van der Waals surface area contributed by atoms with E-state index in [1.165, 1.54) is 11.3 Å². The summed E-state index contributed by atoms with van der Waals surface area (Å²) in [5.74, 6) is 0.245. The van der Waals surface area contributed by atoms with Crippen molar-refractivity contribution in [2.45, 2.75) is 31.9 Å². The lowest BCUT2D eigenvalue weighted by Gasteiger charge is -2.31. The fraction of sp³-hybridized carbons (Fsp3) is 0.636. The Morgan fingerprint density at radius 3 is 3.00 bits per heavy atom. The molecule has 1 unspecified atom stereocenters. The van der Waals surface area contributed by atoms with Gasteiger partial charge in [0.25, 0.3) is 5.91 Å². The van der Waals surface area contributed by atoms with Gasteiger partial charge in [-0.1, -0.05) is 0 Å². The average molecular weight is 255 g/mol. The molecular weight excluding hydrogens is 238 g/mol. The van der Waals surface area contributed by atoms with Crippen molar-refractivity contribution in [3.63, 3.8) is 0 Å². The molecule has 1 heterocycles. The van der Waals surface area contributed by atoms with E-state index in [4.69, 9.17) is 10.8 Å². The van der Waals surface area contributed by atoms with Gasteiger partial charge in [0.15, 0.2) is 0 Å². The fourth-order valence-corrected chi connectivity index (χ4v) is 2.55. The summed E-state index contributed by atoms with van der Waals surface area (Å²) in [6.45, 7) is 2.46. The highest BCUT2D eigenvalue weighted by molar-refractivity contribution is 7.09. The van der Waals surface area contributed by atoms with Crippen LogP contribution in [0.3, 0.4) is 0 Å². The second kappa shape index (κ2) is 5.12. The van der Waals surface area contributed by atoms with E-state index in [1.54, 1.807) is 5.38 Å². The van der Waals surface area contributed by atoms with Crippen LogP contribution in [0.25, 0.3) is 0 Å². The summed E-state index contributed by atoms with van der Waals surface area (Å²) >= 11 is 1.40. The van der Waals surface area contributed by atoms with E-state index in [1.807, 2.05) is 6.92 Å². The normalized spacial score (nSPS) is 25.1. The molecule has 1 saturated carbocycles. The summed E-state index contributed by atoms with van der Waals surface area (Å²) < 4.78 is 0. The third-order valence-electron chi connectivity index (χ3n) is 2.91. The molecule has 5 nitrogen and oxygen atoms in total. The number of nitrogens with zero attached hydrogens (tertiary/aromatic N) is 1. The molecule has 0 spiro atoms. The molecule has 0 radical (unpaired) electrons. The van der Waals surface area contributed by atoms with Crippen LogP contribution < -0.4 is 11.1 Å². The maximum atomic E-state index is 11.7. The Balaban J connectivity index is 1.82. The molecule has 0 aliphatic heterocycles. The molecule has 1 amide bonds. The molecule has 1 aromatic heterocycles. The van der Waals surface area contributed by atoms with Crippen LogP contribution >= 0.6 is 11.3 Å². The van der Waals surface area contributed by atoms with E-state index in [9.17, 15) is 4.79 Å². The number of aromatic nitrogens is 1. The number of hydrogen-bond donors (Lipinski definition) is 3. The average Bonchev–Trinajstić information content (AvgIpc) is 2.71. The quantitative estimate of drug-likeness (QED) is 0.737. The number of nitrogens with one attached hydrogen (secondary N) is 1. The first-order valence-corrected chi connectivity index (χ1v) is 6.61. The summed E-state index contributed by atoms with van der Waals surface area (Å²) in [5.41, 5.74) is 6.12. The third kappa shape index (κ3) is 3.02. The number of aliphatic hydroxyl groups excluding tert-OH is 1. The number of rotatable bonds is 4. The lowest BCUT2D eigenvalue weighted by atomic mass is 9.82. The third-order valence-corrected chi connectivity index (χ3v) is 3.95. The summed E-state index contributed by atoms with van der Waals surface area (Å²) in [6.07, 6.45) is 1.38. The Hall–Kier alpha value is -0.980. The van der Waals surface area contributed by atoms with Gasteiger partial charge in [-0.15, -0.1) is 11.3 Å². The molecule has 0 saturated heterocycles. The van der Waals surface area contributed by atoms with Crippen molar-refractivity contribution in [1.29, 1.82) is 0 Å². The molecule has 1 atom stereocenters. The second-order valence-electron chi connectivity index (χ2n) is 4.56. The van der Waals surface area contributed by atoms with Gasteiger partial charge in [-0.05, 0) is 25.7 Å². The van der Waals surface area contributed by atoms with Crippen molar-refractivity contribution in [2.24, 2.45) is 11.7 Å². The maximum Gasteiger partial charge on any atom is 0.270 e. The van der Waals surface area contributed by atoms with Gasteiger partial charge in [0.1, 0.15) is 10.7 Å². The molecule has 1 aromatic rings. The van der Waals surface area contributed by atoms with Gasteiger partial charge in [0, 0.05) is 11.9 Å². The number of amides is 1. The van der Waals surface area contributed by atoms with Crippen molar-refractivity contribution in [3.05, 3.63) is 16.1 Å². The van der Waals surface area contributed by atoms with Crippen molar-refractivity contribution in [2.75, 3.05) is 6.54 Å². The van der Waals surface area contributed by atoms with Gasteiger partial charge in [0.2, 0.25) is 0 Å². The van der Waals surface area contributed by atoms with Crippen molar-refractivity contribution < 1.29 is 9.90 Å². The minimum atomic E-state index is -0.180. The molecule has 0 aromatic carbocycles. The minimum Gasteiger partial charge on any atom is -0.393 e. The molecular formula is C11H17N3O2S. The Morgan fingerprint density at radius 2 is 2.47 bits per heavy atom. The Kier molecular flexibility index (Phi) is 3.76. The zero-order chi connectivity index (χ0) is 12.4. The topological polar surface area (TPSA) is 88.2 Å². The van der Waals surface area contributed by atoms with Crippen LogP contribution in [0.5, 0.6) is 0 Å². The molecule has 2 rings (SSSR count). The zero-order valence-electron chi connectivity index (χ0n) is 9.72. The molecule has 17 heavy (non-hydrogen) atoms. The van der Waals surface area contributed by atoms with Crippen LogP contribution in [0.1, 0.15) is 41.3 Å². The second-order valence-corrected chi connectivity index (χ2v) is 5.45. The summed E-state index contributed by atoms with van der Waals surface area (Å²) in [7, 11) is 0. The van der Waals surface area contributed by atoms with Crippen LogP contribution in [0, 0.1) is 5.92 Å². The van der Waals surface area contributed by atoms with Crippen LogP contribution in [-0.2, 0) is 0 Å². The number of hydrogen-bond acceptors (Lipinski definition) is 5. The van der Waals surface area contributed by atoms with Crippen molar-refractivity contribution in [1.82, 2.24) is 10.3 Å². The number of aliphatic hydroxyl groups is 1. The standard InChI is InChI=1S/C11H17N3O2S/c1-6(12)11-14-9(5-17-11)10(16)13-4-7-2-8(15)3-7/h5-8,15H,2-4,12H2,1H3,(H,13,16). The van der Waals surface area contributed by atoms with E-state index >= 15 is 0 Å². The van der Waals surface area contributed by atoms with Crippen molar-refractivity contribution in [3.8, 4) is 0 Å². The number of carbonyl (C=O) groups excluding carboxylic acids is 1. The Morgan fingerprint density at radius 1 is 1.76 bits per heavy atom. The Labute approximate surface area is 104 Å². The minimum absolute atomic E-state index is 0.136. The summed E-state index contributed by atoms with van der Waals surface area (Å²) in [5, 5.41) is 14.5. The predicted octanol–water partition coefficient (Wildman–Crippen LogP) is 0.663. The van der Waals surface area contributed by atoms with E-state index in [2.05, 4.69) is 10.3 Å². The van der Waals surface area contributed by atoms with Gasteiger partial charge < -0.3 is 16.2 Å². The van der Waals surface area contributed by atoms with Gasteiger partial charge in [0.05, 0.1) is 12.1 Å². The predicted molar refractivity (Wildman–Crippen MR) is 65.8 cm³/mol. The monoisotopic (exact) mass is 255 g/mol. The highest BCUT2D eigenvalue weighted by Gasteiger charge is 2.27. The lowest BCUT2D eigenvalue weighted by molar-refractivity contribution is 0.0420. The SMILES string of the molecule is CC(N)c1nc(C(=O)NCC2CC(O)C2)cs1. The smallest absolute Gasteiger partial charge is 0.270 e. The van der Waals surface area contributed by atoms with Crippen LogP contribution in [0.2, 0.25) is 0 Å². The first kappa shape index (κ1) is 12.5. The molecule has 1 aliphatic rings. The number of nitrogens with two attached hydrogens (primary N) is 1. The molecule has 0 bridgehead atoms. The largest absolute Gasteiger partial charge is 0.393 e. The molecule has 1 fully saturated rings. The van der Waals surface area contributed by atoms with E-state index < -0.39 is 0 Å². The summed E-state index contributed by atoms with van der Waals surface area (Å²) in [4.78, 5) is 15.9. The number of thiazole rings is 1. The molecule has 94 valence electrons. The highest BCUT2D eigenvalue weighted by Crippen LogP contribution is 2.26. The van der Waals surface area contributed by atoms with Gasteiger partial charge in [-0.3, -0.25) is 4.79 Å². The first-order chi connectivity index (χ1) is 8.06. The van der Waals surface area contributed by atoms with Gasteiger partial charge >= 0.3 is 0 Å². The van der Waals surface area contributed by atoms with Gasteiger partial charge in [-0.2, -0.15) is 0 Å². The lowest BCUT2D eigenvalue weighted by Crippen LogP contribution is -2.38. The van der Waals surface area contributed by atoms with Crippen molar-refractivity contribution >= 4 is 17.2 Å². The maximum absolute atomic E-state index is 11.7. The van der Waals surface area contributed by atoms with Crippen LogP contribution in [-0.4, -0.2) is 28.6 Å². The van der Waals surface area contributed by atoms with Crippen LogP contribution in [0.4, 0.5) is 0 Å². The molecule has 6 heteroatoms. The van der Waals surface area contributed by atoms with Gasteiger partial charge in [-0.25, -0.2) is 4.98 Å². The summed E-state index contributed by atoms with van der Waals surface area (Å²) in [6, 6.07) is -0.136. The highest BCUT2D eigenvalue weighted by atomic mass is 32.1. The van der Waals surface area contributed by atoms with Crippen LogP contribution in [0.15, 0.2) is 5.38 Å². The molecule has 1 aliphatic carbocycles. The Bertz CT molecular complexity index is 399. The van der Waals surface area contributed by atoms with E-state index in [0.29, 0.717) is 18.2 Å². The van der Waals surface area contributed by atoms with E-state index in [0.717, 1.165) is 17.8 Å². The molecule has 4 N–H and O–H groups in total. The number of carbonyl (C=O) groups is 1. The first-order valence-electron chi connectivity index (χ1n) is 5.73. The fourth-order valence-electron chi connectivity index (χ4n) is 1.80.